The number of hydrogen-bond acceptors (Lipinski definition) is 2. The molecule has 0 aromatic heterocycles. The summed E-state index contributed by atoms with van der Waals surface area (Å²) in [6.45, 7) is 10.4. The number of benzene rings is 1. The minimum absolute atomic E-state index is 0.539. The molecule has 2 nitrogen and oxygen atoms in total. The van der Waals surface area contributed by atoms with E-state index in [4.69, 9.17) is 0 Å². The Kier molecular flexibility index (Phi) is 5.41. The summed E-state index contributed by atoms with van der Waals surface area (Å²) in [5, 5.41) is 3.62. The number of hydrogen-bond donors (Lipinski definition) is 1. The van der Waals surface area contributed by atoms with Gasteiger partial charge >= 0.3 is 0 Å². The van der Waals surface area contributed by atoms with Gasteiger partial charge in [0.1, 0.15) is 0 Å². The first-order valence-electron chi connectivity index (χ1n) is 7.73. The molecule has 1 aliphatic heterocycles. The van der Waals surface area contributed by atoms with E-state index in [2.05, 4.69) is 61.3 Å². The SMILES string of the molecule is CCCC(C)CN1CC(C)NCC1c1ccccc1. The number of nitrogens with zero attached hydrogens (tertiary/aromatic N) is 1. The summed E-state index contributed by atoms with van der Waals surface area (Å²) >= 11 is 0. The molecule has 2 rings (SSSR count). The lowest BCUT2D eigenvalue weighted by Gasteiger charge is -2.41. The molecule has 19 heavy (non-hydrogen) atoms. The van der Waals surface area contributed by atoms with Crippen molar-refractivity contribution in [3.05, 3.63) is 35.9 Å². The zero-order chi connectivity index (χ0) is 13.7. The average molecular weight is 260 g/mol. The van der Waals surface area contributed by atoms with Crippen molar-refractivity contribution in [1.29, 1.82) is 0 Å². The molecule has 0 saturated carbocycles. The standard InChI is InChI=1S/C17H28N2/c1-4-8-14(2)12-19-13-15(3)18-11-17(19)16-9-6-5-7-10-16/h5-7,9-10,14-15,17-18H,4,8,11-13H2,1-3H3. The molecule has 1 saturated heterocycles. The van der Waals surface area contributed by atoms with Crippen LogP contribution in [0, 0.1) is 5.92 Å². The van der Waals surface area contributed by atoms with Crippen LogP contribution in [0.25, 0.3) is 0 Å². The summed E-state index contributed by atoms with van der Waals surface area (Å²) in [5.74, 6) is 0.793. The lowest BCUT2D eigenvalue weighted by molar-refractivity contribution is 0.115. The molecule has 1 N–H and O–H groups in total. The number of piperazine rings is 1. The van der Waals surface area contributed by atoms with Gasteiger partial charge in [-0.15, -0.1) is 0 Å². The summed E-state index contributed by atoms with van der Waals surface area (Å²) in [6.07, 6.45) is 2.62. The van der Waals surface area contributed by atoms with Crippen LogP contribution in [0.3, 0.4) is 0 Å². The minimum Gasteiger partial charge on any atom is -0.311 e. The molecule has 1 fully saturated rings. The Bertz CT molecular complexity index is 363. The second-order valence-corrected chi connectivity index (χ2v) is 6.08. The smallest absolute Gasteiger partial charge is 0.0473 e. The summed E-state index contributed by atoms with van der Waals surface area (Å²) < 4.78 is 0. The van der Waals surface area contributed by atoms with Gasteiger partial charge in [0.05, 0.1) is 0 Å². The highest BCUT2D eigenvalue weighted by molar-refractivity contribution is 5.20. The van der Waals surface area contributed by atoms with Gasteiger partial charge in [-0.25, -0.2) is 0 Å². The van der Waals surface area contributed by atoms with Gasteiger partial charge in [0, 0.05) is 31.7 Å². The Hall–Kier alpha value is -0.860. The molecule has 0 radical (unpaired) electrons. The Balaban J connectivity index is 2.06. The Morgan fingerprint density at radius 2 is 2.05 bits per heavy atom. The Morgan fingerprint density at radius 3 is 2.74 bits per heavy atom. The van der Waals surface area contributed by atoms with Crippen molar-refractivity contribution >= 4 is 0 Å². The van der Waals surface area contributed by atoms with Crippen LogP contribution in [-0.2, 0) is 0 Å². The first-order valence-corrected chi connectivity index (χ1v) is 7.73. The highest BCUT2D eigenvalue weighted by Crippen LogP contribution is 2.25. The van der Waals surface area contributed by atoms with E-state index >= 15 is 0 Å². The normalized spacial score (nSPS) is 26.3. The van der Waals surface area contributed by atoms with Crippen LogP contribution < -0.4 is 5.32 Å². The van der Waals surface area contributed by atoms with Crippen LogP contribution in [0.4, 0.5) is 0 Å². The van der Waals surface area contributed by atoms with Gasteiger partial charge in [-0.1, -0.05) is 50.6 Å². The van der Waals surface area contributed by atoms with Crippen LogP contribution in [0.15, 0.2) is 30.3 Å². The second kappa shape index (κ2) is 7.06. The lowest BCUT2D eigenvalue weighted by Crippen LogP contribution is -2.52. The third kappa shape index (κ3) is 4.05. The predicted octanol–water partition coefficient (Wildman–Crippen LogP) is 3.46. The minimum atomic E-state index is 0.539. The third-order valence-corrected chi connectivity index (χ3v) is 4.12. The molecule has 106 valence electrons. The van der Waals surface area contributed by atoms with E-state index in [1.807, 2.05) is 0 Å². The fourth-order valence-corrected chi connectivity index (χ4v) is 3.18. The van der Waals surface area contributed by atoms with E-state index in [0.717, 1.165) is 19.0 Å². The zero-order valence-corrected chi connectivity index (χ0v) is 12.6. The first kappa shape index (κ1) is 14.5. The lowest BCUT2D eigenvalue weighted by atomic mass is 9.98. The van der Waals surface area contributed by atoms with E-state index in [1.165, 1.54) is 24.9 Å². The molecule has 1 heterocycles. The topological polar surface area (TPSA) is 15.3 Å². The quantitative estimate of drug-likeness (QED) is 0.872. The molecule has 0 bridgehead atoms. The monoisotopic (exact) mass is 260 g/mol. The molecule has 1 aromatic rings. The van der Waals surface area contributed by atoms with Crippen molar-refractivity contribution in [2.45, 2.75) is 45.7 Å². The zero-order valence-electron chi connectivity index (χ0n) is 12.6. The van der Waals surface area contributed by atoms with Gasteiger partial charge in [-0.2, -0.15) is 0 Å². The molecule has 3 unspecified atom stereocenters. The van der Waals surface area contributed by atoms with E-state index in [9.17, 15) is 0 Å². The van der Waals surface area contributed by atoms with Gasteiger partial charge in [0.15, 0.2) is 0 Å². The summed E-state index contributed by atoms with van der Waals surface area (Å²) in [4.78, 5) is 2.68. The Morgan fingerprint density at radius 1 is 1.32 bits per heavy atom. The molecular formula is C17H28N2. The van der Waals surface area contributed by atoms with Crippen molar-refractivity contribution < 1.29 is 0 Å². The van der Waals surface area contributed by atoms with Gasteiger partial charge in [-0.05, 0) is 24.8 Å². The van der Waals surface area contributed by atoms with Crippen LogP contribution >= 0.6 is 0 Å². The summed E-state index contributed by atoms with van der Waals surface area (Å²) in [7, 11) is 0. The van der Waals surface area contributed by atoms with Crippen molar-refractivity contribution in [3.63, 3.8) is 0 Å². The molecule has 1 aliphatic rings. The summed E-state index contributed by atoms with van der Waals surface area (Å²) in [6, 6.07) is 12.1. The van der Waals surface area contributed by atoms with Crippen molar-refractivity contribution in [2.24, 2.45) is 5.92 Å². The van der Waals surface area contributed by atoms with Gasteiger partial charge in [0.2, 0.25) is 0 Å². The first-order chi connectivity index (χ1) is 9.20. The molecule has 2 heteroatoms. The van der Waals surface area contributed by atoms with Crippen LogP contribution in [-0.4, -0.2) is 30.6 Å². The molecule has 0 amide bonds. The second-order valence-electron chi connectivity index (χ2n) is 6.08. The summed E-state index contributed by atoms with van der Waals surface area (Å²) in [5.41, 5.74) is 1.45. The van der Waals surface area contributed by atoms with Crippen LogP contribution in [0.5, 0.6) is 0 Å². The molecular weight excluding hydrogens is 232 g/mol. The van der Waals surface area contributed by atoms with Gasteiger partial charge < -0.3 is 5.32 Å². The van der Waals surface area contributed by atoms with Crippen LogP contribution in [0.2, 0.25) is 0 Å². The third-order valence-electron chi connectivity index (χ3n) is 4.12. The number of rotatable bonds is 5. The maximum atomic E-state index is 3.62. The van der Waals surface area contributed by atoms with Crippen molar-refractivity contribution in [1.82, 2.24) is 10.2 Å². The molecule has 0 aliphatic carbocycles. The van der Waals surface area contributed by atoms with Gasteiger partial charge in [0.25, 0.3) is 0 Å². The van der Waals surface area contributed by atoms with E-state index in [0.29, 0.717) is 12.1 Å². The molecule has 1 aromatic carbocycles. The maximum Gasteiger partial charge on any atom is 0.0473 e. The predicted molar refractivity (Wildman–Crippen MR) is 82.3 cm³/mol. The van der Waals surface area contributed by atoms with E-state index in [1.54, 1.807) is 0 Å². The highest BCUT2D eigenvalue weighted by atomic mass is 15.2. The van der Waals surface area contributed by atoms with Crippen molar-refractivity contribution in [2.75, 3.05) is 19.6 Å². The molecule has 3 atom stereocenters. The van der Waals surface area contributed by atoms with Crippen LogP contribution in [0.1, 0.15) is 45.2 Å². The van der Waals surface area contributed by atoms with Crippen molar-refractivity contribution in [3.8, 4) is 0 Å². The largest absolute Gasteiger partial charge is 0.311 e. The number of nitrogens with one attached hydrogen (secondary N) is 1. The molecule has 0 spiro atoms. The average Bonchev–Trinajstić information content (AvgIpc) is 2.40. The fourth-order valence-electron chi connectivity index (χ4n) is 3.18. The maximum absolute atomic E-state index is 3.62. The highest BCUT2D eigenvalue weighted by Gasteiger charge is 2.27. The Labute approximate surface area is 118 Å². The van der Waals surface area contributed by atoms with Gasteiger partial charge in [-0.3, -0.25) is 4.90 Å². The van der Waals surface area contributed by atoms with E-state index < -0.39 is 0 Å². The van der Waals surface area contributed by atoms with E-state index in [-0.39, 0.29) is 0 Å². The fraction of sp³-hybridized carbons (Fsp3) is 0.647.